The third kappa shape index (κ3) is 3.81. The summed E-state index contributed by atoms with van der Waals surface area (Å²) >= 11 is 0. The molecular formula is C15H19N3O3. The Morgan fingerprint density at radius 2 is 2.00 bits per heavy atom. The molecule has 1 amide bonds. The second-order valence-corrected chi connectivity index (χ2v) is 4.95. The van der Waals surface area contributed by atoms with Crippen LogP contribution in [0.5, 0.6) is 0 Å². The van der Waals surface area contributed by atoms with Gasteiger partial charge in [0.1, 0.15) is 0 Å². The third-order valence-electron chi connectivity index (χ3n) is 3.33. The van der Waals surface area contributed by atoms with Gasteiger partial charge in [-0.2, -0.15) is 5.10 Å². The molecule has 0 atom stereocenters. The summed E-state index contributed by atoms with van der Waals surface area (Å²) in [6.45, 7) is 0.531. The number of benzene rings is 1. The van der Waals surface area contributed by atoms with E-state index in [1.165, 1.54) is 0 Å². The summed E-state index contributed by atoms with van der Waals surface area (Å²) < 4.78 is 1.69. The van der Waals surface area contributed by atoms with E-state index >= 15 is 0 Å². The molecule has 1 aromatic heterocycles. The Morgan fingerprint density at radius 1 is 1.24 bits per heavy atom. The average molecular weight is 289 g/mol. The lowest BCUT2D eigenvalue weighted by atomic mass is 10.2. The SMILES string of the molecule is Cn1nc(C(=O)NCCCCCC(=O)O)c2ccccc21. The van der Waals surface area contributed by atoms with Crippen molar-refractivity contribution in [1.82, 2.24) is 15.1 Å². The van der Waals surface area contributed by atoms with E-state index in [-0.39, 0.29) is 12.3 Å². The molecule has 21 heavy (non-hydrogen) atoms. The number of carbonyl (C=O) groups is 2. The number of aliphatic carboxylic acids is 1. The monoisotopic (exact) mass is 289 g/mol. The van der Waals surface area contributed by atoms with Crippen LogP contribution in [0.15, 0.2) is 24.3 Å². The van der Waals surface area contributed by atoms with Crippen LogP contribution in [-0.4, -0.2) is 33.3 Å². The number of fused-ring (bicyclic) bond motifs is 1. The van der Waals surface area contributed by atoms with Gasteiger partial charge in [0.15, 0.2) is 5.69 Å². The van der Waals surface area contributed by atoms with Crippen molar-refractivity contribution in [1.29, 1.82) is 0 Å². The van der Waals surface area contributed by atoms with Gasteiger partial charge in [-0.25, -0.2) is 0 Å². The van der Waals surface area contributed by atoms with Crippen molar-refractivity contribution >= 4 is 22.8 Å². The maximum absolute atomic E-state index is 12.1. The number of hydrogen-bond acceptors (Lipinski definition) is 3. The number of amides is 1. The van der Waals surface area contributed by atoms with Gasteiger partial charge in [0.2, 0.25) is 0 Å². The molecule has 1 heterocycles. The molecule has 0 spiro atoms. The normalized spacial score (nSPS) is 10.7. The van der Waals surface area contributed by atoms with Gasteiger partial charge in [-0.1, -0.05) is 24.6 Å². The molecule has 0 aliphatic carbocycles. The van der Waals surface area contributed by atoms with E-state index in [9.17, 15) is 9.59 Å². The number of carboxylic acid groups (broad SMARTS) is 1. The maximum atomic E-state index is 12.1. The maximum Gasteiger partial charge on any atom is 0.303 e. The van der Waals surface area contributed by atoms with E-state index < -0.39 is 5.97 Å². The minimum absolute atomic E-state index is 0.179. The topological polar surface area (TPSA) is 84.2 Å². The molecule has 0 unspecified atom stereocenters. The zero-order valence-corrected chi connectivity index (χ0v) is 12.0. The Morgan fingerprint density at radius 3 is 2.76 bits per heavy atom. The summed E-state index contributed by atoms with van der Waals surface area (Å²) in [5.41, 5.74) is 1.35. The van der Waals surface area contributed by atoms with Crippen LogP contribution in [0.3, 0.4) is 0 Å². The second-order valence-electron chi connectivity index (χ2n) is 4.95. The van der Waals surface area contributed by atoms with Crippen LogP contribution >= 0.6 is 0 Å². The lowest BCUT2D eigenvalue weighted by Crippen LogP contribution is -2.25. The standard InChI is InChI=1S/C15H19N3O3/c1-18-12-8-5-4-7-11(12)14(17-18)15(21)16-10-6-2-3-9-13(19)20/h4-5,7-8H,2-3,6,9-10H2,1H3,(H,16,21)(H,19,20). The van der Waals surface area contributed by atoms with Gasteiger partial charge in [0.25, 0.3) is 5.91 Å². The van der Waals surface area contributed by atoms with Gasteiger partial charge in [0, 0.05) is 25.4 Å². The molecule has 112 valence electrons. The minimum atomic E-state index is -0.779. The van der Waals surface area contributed by atoms with Crippen LogP contribution in [0.1, 0.15) is 36.2 Å². The molecular weight excluding hydrogens is 270 g/mol. The van der Waals surface area contributed by atoms with Crippen LogP contribution in [0.2, 0.25) is 0 Å². The fourth-order valence-electron chi connectivity index (χ4n) is 2.25. The molecule has 1 aromatic carbocycles. The van der Waals surface area contributed by atoms with Crippen molar-refractivity contribution in [3.8, 4) is 0 Å². The first-order valence-electron chi connectivity index (χ1n) is 7.01. The van der Waals surface area contributed by atoms with Gasteiger partial charge in [-0.15, -0.1) is 0 Å². The molecule has 0 saturated heterocycles. The molecule has 6 heteroatoms. The third-order valence-corrected chi connectivity index (χ3v) is 3.33. The Bertz CT molecular complexity index is 649. The molecule has 0 aliphatic heterocycles. The molecule has 0 bridgehead atoms. The first-order valence-corrected chi connectivity index (χ1v) is 7.01. The number of aryl methyl sites for hydroxylation is 1. The van der Waals surface area contributed by atoms with Gasteiger partial charge >= 0.3 is 5.97 Å². The van der Waals surface area contributed by atoms with E-state index in [2.05, 4.69) is 10.4 Å². The summed E-state index contributed by atoms with van der Waals surface area (Å²) in [5.74, 6) is -0.968. The highest BCUT2D eigenvalue weighted by molar-refractivity contribution is 6.04. The van der Waals surface area contributed by atoms with Crippen LogP contribution in [0, 0.1) is 0 Å². The fourth-order valence-corrected chi connectivity index (χ4v) is 2.25. The molecule has 0 saturated carbocycles. The van der Waals surface area contributed by atoms with E-state index in [1.807, 2.05) is 31.3 Å². The van der Waals surface area contributed by atoms with Gasteiger partial charge in [0.05, 0.1) is 5.52 Å². The molecule has 0 radical (unpaired) electrons. The first-order chi connectivity index (χ1) is 10.1. The van der Waals surface area contributed by atoms with Gasteiger partial charge in [-0.05, 0) is 18.9 Å². The zero-order valence-electron chi connectivity index (χ0n) is 12.0. The van der Waals surface area contributed by atoms with Crippen molar-refractivity contribution in [2.24, 2.45) is 7.05 Å². The number of aromatic nitrogens is 2. The van der Waals surface area contributed by atoms with Crippen LogP contribution in [0.4, 0.5) is 0 Å². The lowest BCUT2D eigenvalue weighted by molar-refractivity contribution is -0.137. The highest BCUT2D eigenvalue weighted by Crippen LogP contribution is 2.17. The summed E-state index contributed by atoms with van der Waals surface area (Å²) in [6.07, 6.45) is 2.37. The number of carbonyl (C=O) groups excluding carboxylic acids is 1. The Labute approximate surface area is 122 Å². The zero-order chi connectivity index (χ0) is 15.2. The second kappa shape index (κ2) is 6.88. The quantitative estimate of drug-likeness (QED) is 0.763. The van der Waals surface area contributed by atoms with Gasteiger partial charge in [-0.3, -0.25) is 14.3 Å². The molecule has 2 aromatic rings. The van der Waals surface area contributed by atoms with Crippen molar-refractivity contribution in [3.63, 3.8) is 0 Å². The minimum Gasteiger partial charge on any atom is -0.481 e. The fraction of sp³-hybridized carbons (Fsp3) is 0.400. The average Bonchev–Trinajstić information content (AvgIpc) is 2.80. The molecule has 0 fully saturated rings. The number of rotatable bonds is 7. The number of nitrogens with one attached hydrogen (secondary N) is 1. The largest absolute Gasteiger partial charge is 0.481 e. The van der Waals surface area contributed by atoms with Crippen LogP contribution in [-0.2, 0) is 11.8 Å². The summed E-state index contributed by atoms with van der Waals surface area (Å²) in [4.78, 5) is 22.5. The van der Waals surface area contributed by atoms with Crippen LogP contribution in [0.25, 0.3) is 10.9 Å². The molecule has 2 rings (SSSR count). The summed E-state index contributed by atoms with van der Waals surface area (Å²) in [6, 6.07) is 7.59. The Balaban J connectivity index is 1.87. The van der Waals surface area contributed by atoms with E-state index in [0.29, 0.717) is 18.7 Å². The predicted molar refractivity (Wildman–Crippen MR) is 79.2 cm³/mol. The summed E-state index contributed by atoms with van der Waals surface area (Å²) in [5, 5.41) is 16.5. The number of hydrogen-bond donors (Lipinski definition) is 2. The Kier molecular flexibility index (Phi) is 4.92. The number of nitrogens with zero attached hydrogens (tertiary/aromatic N) is 2. The number of unbranched alkanes of at least 4 members (excludes halogenated alkanes) is 2. The summed E-state index contributed by atoms with van der Waals surface area (Å²) in [7, 11) is 1.81. The highest BCUT2D eigenvalue weighted by atomic mass is 16.4. The number of para-hydroxylation sites is 1. The molecule has 6 nitrogen and oxygen atoms in total. The number of carboxylic acids is 1. The van der Waals surface area contributed by atoms with E-state index in [0.717, 1.165) is 23.7 Å². The Hall–Kier alpha value is -2.37. The van der Waals surface area contributed by atoms with Crippen molar-refractivity contribution in [3.05, 3.63) is 30.0 Å². The van der Waals surface area contributed by atoms with Crippen molar-refractivity contribution in [2.75, 3.05) is 6.54 Å². The highest BCUT2D eigenvalue weighted by Gasteiger charge is 2.14. The molecule has 0 aliphatic rings. The van der Waals surface area contributed by atoms with E-state index in [1.54, 1.807) is 4.68 Å². The van der Waals surface area contributed by atoms with Crippen LogP contribution < -0.4 is 5.32 Å². The predicted octanol–water partition coefficient (Wildman–Crippen LogP) is 1.95. The lowest BCUT2D eigenvalue weighted by Gasteiger charge is -2.03. The first kappa shape index (κ1) is 15.0. The van der Waals surface area contributed by atoms with Gasteiger partial charge < -0.3 is 10.4 Å². The smallest absolute Gasteiger partial charge is 0.303 e. The van der Waals surface area contributed by atoms with Crippen molar-refractivity contribution in [2.45, 2.75) is 25.7 Å². The molecule has 2 N–H and O–H groups in total. The van der Waals surface area contributed by atoms with E-state index in [4.69, 9.17) is 5.11 Å². The van der Waals surface area contributed by atoms with Crippen molar-refractivity contribution < 1.29 is 14.7 Å².